The molecule has 0 heterocycles. The number of aliphatic imine (C=N–C) groups is 1. The molecular weight excluding hydrogens is 339 g/mol. The third-order valence-electron chi connectivity index (χ3n) is 2.90. The molecule has 1 aliphatic carbocycles. The summed E-state index contributed by atoms with van der Waals surface area (Å²) in [5.74, 6) is 0.939. The molecule has 0 aliphatic heterocycles. The van der Waals surface area contributed by atoms with Crippen LogP contribution in [0.5, 0.6) is 0 Å². The highest BCUT2D eigenvalue weighted by Crippen LogP contribution is 2.25. The van der Waals surface area contributed by atoms with E-state index < -0.39 is 0 Å². The van der Waals surface area contributed by atoms with Crippen molar-refractivity contribution in [2.24, 2.45) is 4.99 Å². The van der Waals surface area contributed by atoms with Gasteiger partial charge in [0.2, 0.25) is 0 Å². The van der Waals surface area contributed by atoms with Gasteiger partial charge in [-0.2, -0.15) is 0 Å². The second-order valence-electron chi connectivity index (χ2n) is 4.92. The average molecular weight is 368 g/mol. The van der Waals surface area contributed by atoms with Gasteiger partial charge in [-0.3, -0.25) is 9.89 Å². The Balaban J connectivity index is 0.00000289. The number of rotatable bonds is 7. The van der Waals surface area contributed by atoms with Crippen LogP contribution in [0.25, 0.3) is 0 Å². The van der Waals surface area contributed by atoms with Crippen LogP contribution in [0.15, 0.2) is 4.99 Å². The number of nitrogens with one attached hydrogen (secondary N) is 2. The van der Waals surface area contributed by atoms with Crippen LogP contribution in [0, 0.1) is 0 Å². The smallest absolute Gasteiger partial charge is 0.191 e. The van der Waals surface area contributed by atoms with Crippen molar-refractivity contribution in [1.82, 2.24) is 15.5 Å². The standard InChI is InChI=1S/C13H28N4.HI/c1-5-14-13(16-11(3)4)15-9-10-17(6-2)12-7-8-12;/h11-12H,5-10H2,1-4H3,(H2,14,15,16);1H. The third-order valence-corrected chi connectivity index (χ3v) is 2.90. The quantitative estimate of drug-likeness (QED) is 0.411. The summed E-state index contributed by atoms with van der Waals surface area (Å²) in [6.45, 7) is 12.6. The van der Waals surface area contributed by atoms with Crippen molar-refractivity contribution in [2.45, 2.75) is 52.6 Å². The summed E-state index contributed by atoms with van der Waals surface area (Å²) in [6.07, 6.45) is 2.75. The summed E-state index contributed by atoms with van der Waals surface area (Å²) >= 11 is 0. The Morgan fingerprint density at radius 3 is 2.44 bits per heavy atom. The second-order valence-corrected chi connectivity index (χ2v) is 4.92. The van der Waals surface area contributed by atoms with Gasteiger partial charge < -0.3 is 10.6 Å². The summed E-state index contributed by atoms with van der Waals surface area (Å²) in [7, 11) is 0. The van der Waals surface area contributed by atoms with E-state index in [1.807, 2.05) is 0 Å². The SMILES string of the molecule is CCNC(=NCCN(CC)C1CC1)NC(C)C.I. The van der Waals surface area contributed by atoms with Crippen molar-refractivity contribution >= 4 is 29.9 Å². The first-order valence-electron chi connectivity index (χ1n) is 6.96. The maximum absolute atomic E-state index is 4.60. The van der Waals surface area contributed by atoms with E-state index >= 15 is 0 Å². The first-order valence-corrected chi connectivity index (χ1v) is 6.96. The van der Waals surface area contributed by atoms with Crippen molar-refractivity contribution in [1.29, 1.82) is 0 Å². The Morgan fingerprint density at radius 1 is 1.33 bits per heavy atom. The Hall–Kier alpha value is -0.0400. The van der Waals surface area contributed by atoms with Crippen LogP contribution in [0.3, 0.4) is 0 Å². The molecule has 5 heteroatoms. The van der Waals surface area contributed by atoms with Crippen LogP contribution in [0.1, 0.15) is 40.5 Å². The van der Waals surface area contributed by atoms with Gasteiger partial charge in [-0.15, -0.1) is 24.0 Å². The van der Waals surface area contributed by atoms with Crippen LogP contribution in [-0.4, -0.2) is 49.1 Å². The van der Waals surface area contributed by atoms with Crippen LogP contribution in [0.2, 0.25) is 0 Å². The van der Waals surface area contributed by atoms with Crippen molar-refractivity contribution in [3.05, 3.63) is 0 Å². The molecule has 1 aliphatic rings. The predicted molar refractivity (Wildman–Crippen MR) is 89.9 cm³/mol. The van der Waals surface area contributed by atoms with E-state index in [4.69, 9.17) is 0 Å². The lowest BCUT2D eigenvalue weighted by atomic mass is 10.4. The van der Waals surface area contributed by atoms with Crippen LogP contribution in [0.4, 0.5) is 0 Å². The van der Waals surface area contributed by atoms with Crippen molar-refractivity contribution in [3.8, 4) is 0 Å². The number of guanidine groups is 1. The normalized spacial score (nSPS) is 15.8. The number of hydrogen-bond donors (Lipinski definition) is 2. The van der Waals surface area contributed by atoms with Gasteiger partial charge in [-0.05, 0) is 40.2 Å². The van der Waals surface area contributed by atoms with Gasteiger partial charge in [-0.25, -0.2) is 0 Å². The molecule has 0 spiro atoms. The number of hydrogen-bond acceptors (Lipinski definition) is 2. The maximum atomic E-state index is 4.60. The summed E-state index contributed by atoms with van der Waals surface area (Å²) in [6, 6.07) is 1.27. The van der Waals surface area contributed by atoms with Gasteiger partial charge in [0, 0.05) is 25.2 Å². The Bertz CT molecular complexity index is 239. The maximum Gasteiger partial charge on any atom is 0.191 e. The molecular formula is C13H29IN4. The highest BCUT2D eigenvalue weighted by atomic mass is 127. The zero-order valence-electron chi connectivity index (χ0n) is 12.2. The molecule has 4 nitrogen and oxygen atoms in total. The van der Waals surface area contributed by atoms with E-state index in [-0.39, 0.29) is 24.0 Å². The molecule has 0 amide bonds. The molecule has 1 rings (SSSR count). The zero-order valence-corrected chi connectivity index (χ0v) is 14.5. The minimum absolute atomic E-state index is 0. The number of nitrogens with zero attached hydrogens (tertiary/aromatic N) is 2. The van der Waals surface area contributed by atoms with Gasteiger partial charge in [0.15, 0.2) is 5.96 Å². The molecule has 0 radical (unpaired) electrons. The van der Waals surface area contributed by atoms with Gasteiger partial charge >= 0.3 is 0 Å². The third kappa shape index (κ3) is 7.41. The van der Waals surface area contributed by atoms with Crippen LogP contribution < -0.4 is 10.6 Å². The molecule has 0 atom stereocenters. The fourth-order valence-corrected chi connectivity index (χ4v) is 1.92. The van der Waals surface area contributed by atoms with Gasteiger partial charge in [0.1, 0.15) is 0 Å². The zero-order chi connectivity index (χ0) is 12.7. The van der Waals surface area contributed by atoms with Gasteiger partial charge in [0.25, 0.3) is 0 Å². The van der Waals surface area contributed by atoms with Gasteiger partial charge in [0.05, 0.1) is 6.54 Å². The lowest BCUT2D eigenvalue weighted by Gasteiger charge is -2.19. The van der Waals surface area contributed by atoms with E-state index in [0.717, 1.165) is 38.2 Å². The molecule has 0 aromatic heterocycles. The van der Waals surface area contributed by atoms with Crippen molar-refractivity contribution < 1.29 is 0 Å². The highest BCUT2D eigenvalue weighted by Gasteiger charge is 2.27. The first-order chi connectivity index (χ1) is 8.17. The van der Waals surface area contributed by atoms with Crippen molar-refractivity contribution in [2.75, 3.05) is 26.2 Å². The van der Waals surface area contributed by atoms with Gasteiger partial charge in [-0.1, -0.05) is 6.92 Å². The molecule has 0 bridgehead atoms. The number of likely N-dealkylation sites (N-methyl/N-ethyl adjacent to an activating group) is 1. The molecule has 1 saturated carbocycles. The largest absolute Gasteiger partial charge is 0.357 e. The summed E-state index contributed by atoms with van der Waals surface area (Å²) in [5, 5.41) is 6.61. The minimum Gasteiger partial charge on any atom is -0.357 e. The fraction of sp³-hybridized carbons (Fsp3) is 0.923. The highest BCUT2D eigenvalue weighted by molar-refractivity contribution is 14.0. The topological polar surface area (TPSA) is 39.7 Å². The van der Waals surface area contributed by atoms with E-state index in [0.29, 0.717) is 6.04 Å². The second kappa shape index (κ2) is 9.83. The minimum atomic E-state index is 0. The number of halogens is 1. The van der Waals surface area contributed by atoms with Crippen LogP contribution >= 0.6 is 24.0 Å². The predicted octanol–water partition coefficient (Wildman–Crippen LogP) is 2.05. The summed E-state index contributed by atoms with van der Waals surface area (Å²) in [5.41, 5.74) is 0. The molecule has 0 unspecified atom stereocenters. The summed E-state index contributed by atoms with van der Waals surface area (Å²) < 4.78 is 0. The van der Waals surface area contributed by atoms with Crippen molar-refractivity contribution in [3.63, 3.8) is 0 Å². The Labute approximate surface area is 129 Å². The molecule has 0 aromatic carbocycles. The van der Waals surface area contributed by atoms with Crippen LogP contribution in [-0.2, 0) is 0 Å². The Morgan fingerprint density at radius 2 is 2.00 bits per heavy atom. The van der Waals surface area contributed by atoms with E-state index in [9.17, 15) is 0 Å². The molecule has 108 valence electrons. The molecule has 0 aromatic rings. The van der Waals surface area contributed by atoms with E-state index in [1.54, 1.807) is 0 Å². The molecule has 2 N–H and O–H groups in total. The lowest BCUT2D eigenvalue weighted by Crippen LogP contribution is -2.41. The molecule has 18 heavy (non-hydrogen) atoms. The van der Waals surface area contributed by atoms with E-state index in [1.165, 1.54) is 12.8 Å². The summed E-state index contributed by atoms with van der Waals surface area (Å²) in [4.78, 5) is 7.13. The first kappa shape index (κ1) is 18.0. The van der Waals surface area contributed by atoms with E-state index in [2.05, 4.69) is 48.2 Å². The monoisotopic (exact) mass is 368 g/mol. The average Bonchev–Trinajstić information content (AvgIpc) is 3.07. The fourth-order valence-electron chi connectivity index (χ4n) is 1.92. The molecule has 0 saturated heterocycles. The lowest BCUT2D eigenvalue weighted by molar-refractivity contribution is 0.286. The molecule has 1 fully saturated rings. The Kier molecular flexibility index (Phi) is 9.81.